The number of thiophene rings is 1. The molecule has 0 bridgehead atoms. The van der Waals surface area contributed by atoms with Gasteiger partial charge >= 0.3 is 0 Å². The zero-order valence-corrected chi connectivity index (χ0v) is 19.8. The molecule has 10 heteroatoms. The van der Waals surface area contributed by atoms with Crippen molar-refractivity contribution in [2.24, 2.45) is 0 Å². The highest BCUT2D eigenvalue weighted by Gasteiger charge is 2.31. The van der Waals surface area contributed by atoms with Crippen molar-refractivity contribution >= 4 is 50.7 Å². The molecule has 1 aliphatic heterocycles. The summed E-state index contributed by atoms with van der Waals surface area (Å²) in [6.45, 7) is 0.926. The second-order valence-corrected chi connectivity index (χ2v) is 9.21. The van der Waals surface area contributed by atoms with Crippen LogP contribution in [0.5, 0.6) is 0 Å². The Bertz CT molecular complexity index is 1460. The molecule has 0 radical (unpaired) electrons. The fourth-order valence-electron chi connectivity index (χ4n) is 4.24. The molecule has 1 aliphatic rings. The van der Waals surface area contributed by atoms with Gasteiger partial charge in [-0.25, -0.2) is 4.39 Å². The fraction of sp³-hybridized carbons (Fsp3) is 0.154. The van der Waals surface area contributed by atoms with Crippen LogP contribution in [-0.4, -0.2) is 64.5 Å². The molecular weight excluding hydrogens is 483 g/mol. The van der Waals surface area contributed by atoms with E-state index in [9.17, 15) is 23.6 Å². The van der Waals surface area contributed by atoms with Gasteiger partial charge in [-0.3, -0.25) is 19.2 Å². The minimum Gasteiger partial charge on any atom is -0.360 e. The largest absolute Gasteiger partial charge is 0.360 e. The number of hydrogen-bond acceptors (Lipinski definition) is 5. The maximum Gasteiger partial charge on any atom is 0.295 e. The molecule has 0 spiro atoms. The summed E-state index contributed by atoms with van der Waals surface area (Å²) in [6.07, 6.45) is 1.26. The highest BCUT2D eigenvalue weighted by atomic mass is 32.1. The van der Waals surface area contributed by atoms with Crippen LogP contribution < -0.4 is 5.32 Å². The van der Waals surface area contributed by atoms with Crippen molar-refractivity contribution in [3.8, 4) is 0 Å². The third-order valence-corrected chi connectivity index (χ3v) is 6.89. The number of piperazine rings is 1. The lowest BCUT2D eigenvalue weighted by atomic mass is 10.0. The van der Waals surface area contributed by atoms with Gasteiger partial charge in [0, 0.05) is 43.3 Å². The van der Waals surface area contributed by atoms with Gasteiger partial charge in [-0.15, -0.1) is 11.3 Å². The van der Waals surface area contributed by atoms with Crippen LogP contribution in [-0.2, 0) is 4.79 Å². The molecule has 2 N–H and O–H groups in total. The number of benzene rings is 2. The first-order chi connectivity index (χ1) is 17.4. The van der Waals surface area contributed by atoms with Crippen molar-refractivity contribution in [3.63, 3.8) is 0 Å². The summed E-state index contributed by atoms with van der Waals surface area (Å²) in [5.41, 5.74) is 0.709. The molecule has 36 heavy (non-hydrogen) atoms. The summed E-state index contributed by atoms with van der Waals surface area (Å²) in [5, 5.41) is 5.06. The highest BCUT2D eigenvalue weighted by molar-refractivity contribution is 7.14. The molecule has 1 saturated heterocycles. The average Bonchev–Trinajstić information content (AvgIpc) is 3.59. The van der Waals surface area contributed by atoms with E-state index in [1.54, 1.807) is 41.3 Å². The summed E-state index contributed by atoms with van der Waals surface area (Å²) in [6, 6.07) is 14.8. The first-order valence-corrected chi connectivity index (χ1v) is 12.1. The second-order valence-electron chi connectivity index (χ2n) is 8.26. The fourth-order valence-corrected chi connectivity index (χ4v) is 4.85. The van der Waals surface area contributed by atoms with Gasteiger partial charge < -0.3 is 20.1 Å². The smallest absolute Gasteiger partial charge is 0.295 e. The van der Waals surface area contributed by atoms with Gasteiger partial charge in [0.15, 0.2) is 0 Å². The Morgan fingerprint density at radius 2 is 1.58 bits per heavy atom. The van der Waals surface area contributed by atoms with E-state index in [1.807, 2.05) is 11.4 Å². The lowest BCUT2D eigenvalue weighted by Crippen LogP contribution is -2.52. The van der Waals surface area contributed by atoms with Gasteiger partial charge in [-0.1, -0.05) is 18.2 Å². The molecular formula is C26H21FN4O4S. The molecule has 3 heterocycles. The molecule has 3 amide bonds. The molecule has 0 saturated carbocycles. The van der Waals surface area contributed by atoms with Crippen LogP contribution >= 0.6 is 11.3 Å². The molecule has 2 aromatic carbocycles. The molecule has 5 rings (SSSR count). The zero-order valence-electron chi connectivity index (χ0n) is 19.0. The summed E-state index contributed by atoms with van der Waals surface area (Å²) in [7, 11) is 0. The number of halogens is 1. The maximum absolute atomic E-state index is 14.8. The van der Waals surface area contributed by atoms with Gasteiger partial charge in [0.2, 0.25) is 0 Å². The van der Waals surface area contributed by atoms with Crippen LogP contribution in [0, 0.1) is 5.82 Å². The molecule has 0 atom stereocenters. The van der Waals surface area contributed by atoms with E-state index in [1.165, 1.54) is 28.5 Å². The molecule has 182 valence electrons. The van der Waals surface area contributed by atoms with Gasteiger partial charge in [0.05, 0.1) is 21.6 Å². The number of aromatic nitrogens is 1. The number of anilines is 1. The topological polar surface area (TPSA) is 103 Å². The van der Waals surface area contributed by atoms with Crippen molar-refractivity contribution in [1.29, 1.82) is 0 Å². The number of Topliss-reactive ketones (excluding diaryl/α,β-unsaturated/α-hetero) is 1. The van der Waals surface area contributed by atoms with Gasteiger partial charge in [0.1, 0.15) is 5.82 Å². The standard InChI is InChI=1S/C26H21FN4O4S/c27-19-9-8-17(24(33)29-20-7-4-14-36-20)22-21(19)18(15-28-22)23(32)26(35)31-12-10-30(11-13-31)25(34)16-5-2-1-3-6-16/h1-9,14-15,28H,10-13H2,(H,29,33). The van der Waals surface area contributed by atoms with Crippen molar-refractivity contribution in [3.05, 3.63) is 88.7 Å². The van der Waals surface area contributed by atoms with Crippen LogP contribution in [0.4, 0.5) is 9.39 Å². The molecule has 1 fully saturated rings. The number of H-pyrrole nitrogens is 1. The predicted octanol–water partition coefficient (Wildman–Crippen LogP) is 3.79. The molecule has 0 unspecified atom stereocenters. The van der Waals surface area contributed by atoms with E-state index in [2.05, 4.69) is 10.3 Å². The lowest BCUT2D eigenvalue weighted by molar-refractivity contribution is -0.127. The Morgan fingerprint density at radius 3 is 2.28 bits per heavy atom. The number of carbonyl (C=O) groups excluding carboxylic acids is 4. The van der Waals surface area contributed by atoms with Crippen LogP contribution in [0.1, 0.15) is 31.1 Å². The van der Waals surface area contributed by atoms with Crippen LogP contribution in [0.3, 0.4) is 0 Å². The van der Waals surface area contributed by atoms with E-state index in [-0.39, 0.29) is 54.1 Å². The first-order valence-electron chi connectivity index (χ1n) is 11.3. The number of ketones is 1. The monoisotopic (exact) mass is 504 g/mol. The van der Waals surface area contributed by atoms with Crippen LogP contribution in [0.25, 0.3) is 10.9 Å². The Hall–Kier alpha value is -4.31. The summed E-state index contributed by atoms with van der Waals surface area (Å²) < 4.78 is 14.8. The average molecular weight is 505 g/mol. The molecule has 2 aromatic heterocycles. The maximum atomic E-state index is 14.8. The summed E-state index contributed by atoms with van der Waals surface area (Å²) >= 11 is 1.34. The lowest BCUT2D eigenvalue weighted by Gasteiger charge is -2.34. The number of aromatic amines is 1. The SMILES string of the molecule is O=C(Nc1cccs1)c1ccc(F)c2c(C(=O)C(=O)N3CCN(C(=O)c4ccccc4)CC3)c[nH]c12. The van der Waals surface area contributed by atoms with Crippen molar-refractivity contribution in [1.82, 2.24) is 14.8 Å². The molecule has 0 aliphatic carbocycles. The Balaban J connectivity index is 1.32. The number of fused-ring (bicyclic) bond motifs is 1. The minimum absolute atomic E-state index is 0.106. The van der Waals surface area contributed by atoms with Gasteiger partial charge in [0.25, 0.3) is 23.5 Å². The zero-order chi connectivity index (χ0) is 25.2. The Labute approximate surface area is 209 Å². The highest BCUT2D eigenvalue weighted by Crippen LogP contribution is 2.27. The van der Waals surface area contributed by atoms with Crippen molar-refractivity contribution in [2.45, 2.75) is 0 Å². The predicted molar refractivity (Wildman–Crippen MR) is 134 cm³/mol. The van der Waals surface area contributed by atoms with E-state index >= 15 is 0 Å². The summed E-state index contributed by atoms with van der Waals surface area (Å²) in [5.74, 6) is -2.97. The Kier molecular flexibility index (Phi) is 6.34. The van der Waals surface area contributed by atoms with Gasteiger partial charge in [-0.2, -0.15) is 0 Å². The number of hydrogen-bond donors (Lipinski definition) is 2. The number of amides is 3. The number of nitrogens with one attached hydrogen (secondary N) is 2. The van der Waals surface area contributed by atoms with Crippen LogP contribution in [0.2, 0.25) is 0 Å². The third-order valence-electron chi connectivity index (χ3n) is 6.10. The normalized spacial score (nSPS) is 13.6. The quantitative estimate of drug-likeness (QED) is 0.319. The molecule has 4 aromatic rings. The van der Waals surface area contributed by atoms with E-state index in [0.717, 1.165) is 6.07 Å². The first kappa shape index (κ1) is 23.4. The van der Waals surface area contributed by atoms with Gasteiger partial charge in [-0.05, 0) is 41.8 Å². The van der Waals surface area contributed by atoms with Crippen molar-refractivity contribution in [2.75, 3.05) is 31.5 Å². The van der Waals surface area contributed by atoms with Crippen LogP contribution in [0.15, 0.2) is 66.2 Å². The summed E-state index contributed by atoms with van der Waals surface area (Å²) in [4.78, 5) is 57.3. The molecule has 8 nitrogen and oxygen atoms in total. The number of carbonyl (C=O) groups is 4. The Morgan fingerprint density at radius 1 is 0.861 bits per heavy atom. The number of rotatable bonds is 5. The minimum atomic E-state index is -0.876. The van der Waals surface area contributed by atoms with E-state index in [4.69, 9.17) is 0 Å². The number of nitrogens with zero attached hydrogens (tertiary/aromatic N) is 2. The van der Waals surface area contributed by atoms with E-state index in [0.29, 0.717) is 10.6 Å². The second kappa shape index (κ2) is 9.74. The third kappa shape index (κ3) is 4.38. The van der Waals surface area contributed by atoms with Crippen molar-refractivity contribution < 1.29 is 23.6 Å². The van der Waals surface area contributed by atoms with E-state index < -0.39 is 23.4 Å².